The third-order valence-electron chi connectivity index (χ3n) is 4.18. The summed E-state index contributed by atoms with van der Waals surface area (Å²) in [5, 5.41) is 7.07. The van der Waals surface area contributed by atoms with E-state index in [0.717, 1.165) is 23.9 Å². The molecule has 138 valence electrons. The fourth-order valence-electron chi connectivity index (χ4n) is 2.86. The number of piperazine rings is 1. The largest absolute Gasteiger partial charge is 0.352 e. The van der Waals surface area contributed by atoms with Gasteiger partial charge in [-0.25, -0.2) is 8.78 Å². The van der Waals surface area contributed by atoms with Crippen molar-refractivity contribution in [3.05, 3.63) is 47.8 Å². The third-order valence-corrected chi connectivity index (χ3v) is 4.18. The molecule has 0 saturated carbocycles. The first kappa shape index (κ1) is 17.8. The lowest BCUT2D eigenvalue weighted by molar-refractivity contribution is -0.120. The van der Waals surface area contributed by atoms with Gasteiger partial charge in [-0.15, -0.1) is 0 Å². The number of guanidine groups is 1. The van der Waals surface area contributed by atoms with E-state index in [1.165, 1.54) is 0 Å². The van der Waals surface area contributed by atoms with Gasteiger partial charge in [-0.2, -0.15) is 5.10 Å². The van der Waals surface area contributed by atoms with Gasteiger partial charge in [-0.3, -0.25) is 14.5 Å². The number of benzene rings is 1. The van der Waals surface area contributed by atoms with Crippen molar-refractivity contribution in [1.29, 1.82) is 0 Å². The number of nitrogens with zero attached hydrogens (tertiary/aromatic N) is 5. The summed E-state index contributed by atoms with van der Waals surface area (Å²) in [6.07, 6.45) is 3.43. The number of rotatable bonds is 3. The molecule has 9 heteroatoms. The number of hydrogen-bond donors (Lipinski definition) is 1. The van der Waals surface area contributed by atoms with Gasteiger partial charge >= 0.3 is 0 Å². The van der Waals surface area contributed by atoms with Crippen LogP contribution in [0.1, 0.15) is 5.56 Å². The van der Waals surface area contributed by atoms with Crippen LogP contribution in [-0.2, 0) is 18.4 Å². The number of aryl methyl sites for hydroxylation is 1. The summed E-state index contributed by atoms with van der Waals surface area (Å²) < 4.78 is 28.7. The van der Waals surface area contributed by atoms with Crippen LogP contribution in [-0.4, -0.2) is 53.2 Å². The molecule has 2 heterocycles. The topological polar surface area (TPSA) is 65.8 Å². The Labute approximate surface area is 149 Å². The molecule has 1 aromatic heterocycles. The zero-order valence-corrected chi connectivity index (χ0v) is 14.6. The van der Waals surface area contributed by atoms with Gasteiger partial charge in [-0.1, -0.05) is 0 Å². The first-order valence-electron chi connectivity index (χ1n) is 8.16. The van der Waals surface area contributed by atoms with E-state index in [1.807, 2.05) is 0 Å². The van der Waals surface area contributed by atoms with Crippen LogP contribution in [0.15, 0.2) is 35.6 Å². The van der Waals surface area contributed by atoms with E-state index in [0.29, 0.717) is 19.0 Å². The lowest BCUT2D eigenvalue weighted by Crippen LogP contribution is -2.55. The Morgan fingerprint density at radius 2 is 2.15 bits per heavy atom. The van der Waals surface area contributed by atoms with Gasteiger partial charge in [0.05, 0.1) is 11.9 Å². The predicted molar refractivity (Wildman–Crippen MR) is 93.7 cm³/mol. The Morgan fingerprint density at radius 3 is 2.81 bits per heavy atom. The van der Waals surface area contributed by atoms with E-state index >= 15 is 0 Å². The summed E-state index contributed by atoms with van der Waals surface area (Å²) in [5.41, 5.74) is 0.952. The van der Waals surface area contributed by atoms with Gasteiger partial charge in [0, 0.05) is 45.5 Å². The van der Waals surface area contributed by atoms with Crippen molar-refractivity contribution in [3.8, 4) is 0 Å². The van der Waals surface area contributed by atoms with Gasteiger partial charge in [0.25, 0.3) is 0 Å². The van der Waals surface area contributed by atoms with Crippen molar-refractivity contribution in [2.75, 3.05) is 31.6 Å². The molecule has 1 N–H and O–H groups in total. The van der Waals surface area contributed by atoms with E-state index in [2.05, 4.69) is 15.4 Å². The van der Waals surface area contributed by atoms with Crippen molar-refractivity contribution in [1.82, 2.24) is 20.0 Å². The fraction of sp³-hybridized carbons (Fsp3) is 0.353. The number of carbonyl (C=O) groups excluding carboxylic acids is 1. The highest BCUT2D eigenvalue weighted by Crippen LogP contribution is 2.16. The molecule has 1 aromatic carbocycles. The molecule has 7 nitrogen and oxygen atoms in total. The van der Waals surface area contributed by atoms with E-state index in [-0.39, 0.29) is 24.6 Å². The molecule has 0 radical (unpaired) electrons. The van der Waals surface area contributed by atoms with Gasteiger partial charge in [0.2, 0.25) is 5.91 Å². The molecule has 2 aromatic rings. The van der Waals surface area contributed by atoms with E-state index in [1.54, 1.807) is 41.0 Å². The molecule has 1 amide bonds. The molecule has 1 aliphatic rings. The van der Waals surface area contributed by atoms with Crippen LogP contribution >= 0.6 is 0 Å². The highest BCUT2D eigenvalue weighted by Gasteiger charge is 2.27. The van der Waals surface area contributed by atoms with Crippen molar-refractivity contribution >= 4 is 17.6 Å². The van der Waals surface area contributed by atoms with E-state index in [9.17, 15) is 13.6 Å². The maximum Gasteiger partial charge on any atom is 0.246 e. The molecule has 3 rings (SSSR count). The Hall–Kier alpha value is -2.97. The summed E-state index contributed by atoms with van der Waals surface area (Å²) >= 11 is 0. The average Bonchev–Trinajstić information content (AvgIpc) is 3.04. The number of nitrogens with one attached hydrogen (secondary N) is 1. The summed E-state index contributed by atoms with van der Waals surface area (Å²) in [6, 6.07) is 3.30. The summed E-state index contributed by atoms with van der Waals surface area (Å²) in [4.78, 5) is 20.1. The second-order valence-electron chi connectivity index (χ2n) is 5.98. The number of carbonyl (C=O) groups is 1. The van der Waals surface area contributed by atoms with E-state index < -0.39 is 11.6 Å². The second-order valence-corrected chi connectivity index (χ2v) is 5.98. The lowest BCUT2D eigenvalue weighted by atomic mass is 10.2. The standard InChI is InChI=1S/C17H20F2N6O/c1-20-17(21-8-12-7-13(18)3-4-15(12)19)24-5-6-25(16(26)11-24)14-9-22-23(2)10-14/h3-4,7,9-10H,5-6,8,11H2,1-2H3,(H,20,21). The molecule has 0 atom stereocenters. The molecular weight excluding hydrogens is 342 g/mol. The highest BCUT2D eigenvalue weighted by atomic mass is 19.1. The number of hydrogen-bond acceptors (Lipinski definition) is 3. The maximum atomic E-state index is 13.7. The molecule has 1 aliphatic heterocycles. The predicted octanol–water partition coefficient (Wildman–Crippen LogP) is 1.12. The molecular formula is C17H20F2N6O. The van der Waals surface area contributed by atoms with Gasteiger partial charge in [-0.05, 0) is 18.2 Å². The Morgan fingerprint density at radius 1 is 1.35 bits per heavy atom. The molecule has 0 spiro atoms. The summed E-state index contributed by atoms with van der Waals surface area (Å²) in [5.74, 6) is -0.609. The minimum Gasteiger partial charge on any atom is -0.352 e. The zero-order valence-electron chi connectivity index (χ0n) is 14.6. The zero-order chi connectivity index (χ0) is 18.7. The minimum absolute atomic E-state index is 0.0767. The first-order chi connectivity index (χ1) is 12.5. The number of aliphatic imine (C=N–C) groups is 1. The molecule has 1 fully saturated rings. The van der Waals surface area contributed by atoms with Crippen LogP contribution in [0.2, 0.25) is 0 Å². The second kappa shape index (κ2) is 7.51. The SMILES string of the molecule is CN=C(NCc1cc(F)ccc1F)N1CCN(c2cnn(C)c2)C(=O)C1. The normalized spacial score (nSPS) is 15.5. The third kappa shape index (κ3) is 3.81. The number of anilines is 1. The highest BCUT2D eigenvalue weighted by molar-refractivity contribution is 5.98. The molecule has 0 bridgehead atoms. The average molecular weight is 362 g/mol. The molecule has 26 heavy (non-hydrogen) atoms. The Bertz CT molecular complexity index is 834. The number of aromatic nitrogens is 2. The Balaban J connectivity index is 1.63. The summed E-state index contributed by atoms with van der Waals surface area (Å²) in [7, 11) is 3.38. The van der Waals surface area contributed by atoms with Crippen LogP contribution in [0.25, 0.3) is 0 Å². The van der Waals surface area contributed by atoms with E-state index in [4.69, 9.17) is 0 Å². The van der Waals surface area contributed by atoms with Gasteiger partial charge < -0.3 is 15.1 Å². The smallest absolute Gasteiger partial charge is 0.246 e. The summed E-state index contributed by atoms with van der Waals surface area (Å²) in [6.45, 7) is 1.26. The van der Waals surface area contributed by atoms with Crippen molar-refractivity contribution in [3.63, 3.8) is 0 Å². The maximum absolute atomic E-state index is 13.7. The Kier molecular flexibility index (Phi) is 5.15. The van der Waals surface area contributed by atoms with Crippen LogP contribution in [0.5, 0.6) is 0 Å². The minimum atomic E-state index is -0.501. The monoisotopic (exact) mass is 362 g/mol. The molecule has 0 unspecified atom stereocenters. The molecule has 0 aliphatic carbocycles. The lowest BCUT2D eigenvalue weighted by Gasteiger charge is -2.35. The van der Waals surface area contributed by atoms with Gasteiger partial charge in [0.15, 0.2) is 5.96 Å². The van der Waals surface area contributed by atoms with Crippen LogP contribution < -0.4 is 10.2 Å². The van der Waals surface area contributed by atoms with Crippen LogP contribution in [0, 0.1) is 11.6 Å². The number of amides is 1. The van der Waals surface area contributed by atoms with Crippen molar-refractivity contribution in [2.24, 2.45) is 12.0 Å². The fourth-order valence-corrected chi connectivity index (χ4v) is 2.86. The number of halogens is 2. The van der Waals surface area contributed by atoms with Crippen molar-refractivity contribution in [2.45, 2.75) is 6.54 Å². The molecule has 1 saturated heterocycles. The quantitative estimate of drug-likeness (QED) is 0.657. The van der Waals surface area contributed by atoms with Crippen LogP contribution in [0.3, 0.4) is 0 Å². The van der Waals surface area contributed by atoms with Crippen molar-refractivity contribution < 1.29 is 13.6 Å². The first-order valence-corrected chi connectivity index (χ1v) is 8.16. The van der Waals surface area contributed by atoms with Gasteiger partial charge in [0.1, 0.15) is 18.2 Å². The van der Waals surface area contributed by atoms with Crippen LogP contribution in [0.4, 0.5) is 14.5 Å².